The lowest BCUT2D eigenvalue weighted by Crippen LogP contribution is -2.08. The molecule has 0 aliphatic carbocycles. The van der Waals surface area contributed by atoms with Crippen molar-refractivity contribution in [1.82, 2.24) is 14.8 Å². The number of nitrogen functional groups attached to an aromatic ring is 1. The Labute approximate surface area is 125 Å². The quantitative estimate of drug-likeness (QED) is 0.752. The summed E-state index contributed by atoms with van der Waals surface area (Å²) in [5.41, 5.74) is 8.29. The molecule has 0 amide bonds. The number of fused-ring (bicyclic) bond motifs is 1. The third-order valence-electron chi connectivity index (χ3n) is 3.02. The van der Waals surface area contributed by atoms with Crippen LogP contribution in [0.25, 0.3) is 15.3 Å². The Hall–Kier alpha value is -2.41. The van der Waals surface area contributed by atoms with E-state index in [0.717, 1.165) is 10.2 Å². The molecule has 0 saturated heterocycles. The van der Waals surface area contributed by atoms with Gasteiger partial charge < -0.3 is 10.5 Å². The van der Waals surface area contributed by atoms with Gasteiger partial charge in [0.15, 0.2) is 0 Å². The highest BCUT2D eigenvalue weighted by Crippen LogP contribution is 2.27. The first-order valence-corrected chi connectivity index (χ1v) is 7.30. The van der Waals surface area contributed by atoms with E-state index in [1.54, 1.807) is 6.92 Å². The molecule has 0 aliphatic rings. The van der Waals surface area contributed by atoms with Gasteiger partial charge in [-0.1, -0.05) is 17.4 Å². The lowest BCUT2D eigenvalue weighted by molar-refractivity contribution is 0.0527. The predicted octanol–water partition coefficient (Wildman–Crippen LogP) is 2.55. The van der Waals surface area contributed by atoms with Gasteiger partial charge in [-0.25, -0.2) is 9.78 Å². The van der Waals surface area contributed by atoms with Gasteiger partial charge in [-0.3, -0.25) is 0 Å². The number of aromatic nitrogens is 3. The van der Waals surface area contributed by atoms with Crippen LogP contribution in [0.15, 0.2) is 24.4 Å². The van der Waals surface area contributed by atoms with Crippen molar-refractivity contribution in [1.29, 1.82) is 0 Å². The first-order valence-electron chi connectivity index (χ1n) is 6.48. The second-order valence-electron chi connectivity index (χ2n) is 4.54. The number of nitrogens with zero attached hydrogens (tertiary/aromatic N) is 3. The van der Waals surface area contributed by atoms with Gasteiger partial charge in [0.05, 0.1) is 23.0 Å². The first-order chi connectivity index (χ1) is 10.1. The van der Waals surface area contributed by atoms with Crippen molar-refractivity contribution >= 4 is 33.3 Å². The van der Waals surface area contributed by atoms with Crippen LogP contribution in [0.3, 0.4) is 0 Å². The monoisotopic (exact) mass is 302 g/mol. The molecule has 1 aromatic carbocycles. The summed E-state index contributed by atoms with van der Waals surface area (Å²) in [5, 5.41) is 4.77. The van der Waals surface area contributed by atoms with Crippen LogP contribution in [0.4, 0.5) is 5.82 Å². The first kappa shape index (κ1) is 13.6. The molecule has 0 atom stereocenters. The van der Waals surface area contributed by atoms with Crippen LogP contribution in [0.1, 0.15) is 22.8 Å². The molecule has 2 heterocycles. The zero-order chi connectivity index (χ0) is 15.0. The van der Waals surface area contributed by atoms with E-state index >= 15 is 0 Å². The fourth-order valence-electron chi connectivity index (χ4n) is 1.99. The maximum Gasteiger partial charge on any atom is 0.343 e. The third-order valence-corrected chi connectivity index (χ3v) is 4.01. The van der Waals surface area contributed by atoms with Crippen molar-refractivity contribution < 1.29 is 9.53 Å². The summed E-state index contributed by atoms with van der Waals surface area (Å²) in [6.07, 6.45) is 1.41. The van der Waals surface area contributed by atoms with Gasteiger partial charge in [-0.15, -0.1) is 0 Å². The zero-order valence-corrected chi connectivity index (χ0v) is 12.5. The molecular weight excluding hydrogens is 288 g/mol. The summed E-state index contributed by atoms with van der Waals surface area (Å²) < 4.78 is 7.46. The number of ether oxygens (including phenoxy) is 1. The van der Waals surface area contributed by atoms with Crippen LogP contribution in [-0.4, -0.2) is 27.3 Å². The van der Waals surface area contributed by atoms with E-state index in [9.17, 15) is 4.79 Å². The molecule has 3 aromatic rings. The van der Waals surface area contributed by atoms with Crippen LogP contribution in [0.5, 0.6) is 0 Å². The molecule has 2 N–H and O–H groups in total. The van der Waals surface area contributed by atoms with E-state index in [0.29, 0.717) is 11.7 Å². The lowest BCUT2D eigenvalue weighted by atomic mass is 10.2. The second-order valence-corrected chi connectivity index (χ2v) is 5.55. The maximum absolute atomic E-state index is 11.8. The highest BCUT2D eigenvalue weighted by Gasteiger charge is 2.18. The molecule has 0 aliphatic heterocycles. The van der Waals surface area contributed by atoms with Crippen LogP contribution in [-0.2, 0) is 4.74 Å². The average molecular weight is 302 g/mol. The summed E-state index contributed by atoms with van der Waals surface area (Å²) in [7, 11) is 0. The molecule has 0 saturated carbocycles. The van der Waals surface area contributed by atoms with Gasteiger partial charge in [0.2, 0.25) is 5.13 Å². The fourth-order valence-corrected chi connectivity index (χ4v) is 3.02. The number of carbonyl (C=O) groups is 1. The zero-order valence-electron chi connectivity index (χ0n) is 11.7. The molecule has 0 bridgehead atoms. The van der Waals surface area contributed by atoms with E-state index < -0.39 is 5.97 Å². The van der Waals surface area contributed by atoms with Gasteiger partial charge in [0.1, 0.15) is 11.4 Å². The predicted molar refractivity (Wildman–Crippen MR) is 81.8 cm³/mol. The van der Waals surface area contributed by atoms with Gasteiger partial charge in [0.25, 0.3) is 0 Å². The van der Waals surface area contributed by atoms with Crippen LogP contribution in [0, 0.1) is 6.92 Å². The van der Waals surface area contributed by atoms with E-state index in [1.165, 1.54) is 27.8 Å². The third kappa shape index (κ3) is 2.36. The number of thiazole rings is 1. The van der Waals surface area contributed by atoms with Crippen LogP contribution < -0.4 is 5.73 Å². The van der Waals surface area contributed by atoms with Gasteiger partial charge in [0, 0.05) is 0 Å². The van der Waals surface area contributed by atoms with E-state index in [2.05, 4.69) is 16.1 Å². The molecular formula is C14H14N4O2S. The van der Waals surface area contributed by atoms with Crippen molar-refractivity contribution in [2.24, 2.45) is 0 Å². The van der Waals surface area contributed by atoms with Gasteiger partial charge in [-0.2, -0.15) is 9.78 Å². The van der Waals surface area contributed by atoms with E-state index in [4.69, 9.17) is 10.5 Å². The van der Waals surface area contributed by atoms with Crippen molar-refractivity contribution in [3.63, 3.8) is 0 Å². The number of esters is 1. The average Bonchev–Trinajstić information content (AvgIpc) is 3.01. The topological polar surface area (TPSA) is 83.0 Å². The Morgan fingerprint density at radius 1 is 1.48 bits per heavy atom. The normalized spacial score (nSPS) is 11.0. The number of hydrogen-bond donors (Lipinski definition) is 1. The number of benzene rings is 1. The summed E-state index contributed by atoms with van der Waals surface area (Å²) in [4.78, 5) is 16.2. The van der Waals surface area contributed by atoms with Gasteiger partial charge in [-0.05, 0) is 31.5 Å². The van der Waals surface area contributed by atoms with E-state index in [1.807, 2.05) is 19.1 Å². The number of nitrogens with two attached hydrogens (primary N) is 1. The number of rotatable bonds is 3. The SMILES string of the molecule is CCOC(=O)c1cnn(-c2nc3ccc(C)cc3s2)c1N. The number of carbonyl (C=O) groups excluding carboxylic acids is 1. The molecule has 108 valence electrons. The summed E-state index contributed by atoms with van der Waals surface area (Å²) in [6.45, 7) is 4.07. The second kappa shape index (κ2) is 5.17. The Morgan fingerprint density at radius 3 is 3.05 bits per heavy atom. The van der Waals surface area contributed by atoms with E-state index in [-0.39, 0.29) is 11.4 Å². The highest BCUT2D eigenvalue weighted by molar-refractivity contribution is 7.20. The number of hydrogen-bond acceptors (Lipinski definition) is 6. The smallest absolute Gasteiger partial charge is 0.343 e. The summed E-state index contributed by atoms with van der Waals surface area (Å²) >= 11 is 1.47. The molecule has 3 rings (SSSR count). The summed E-state index contributed by atoms with van der Waals surface area (Å²) in [5.74, 6) is -0.234. The molecule has 0 unspecified atom stereocenters. The van der Waals surface area contributed by atoms with Crippen LogP contribution in [0.2, 0.25) is 0 Å². The Bertz CT molecular complexity index is 822. The minimum atomic E-state index is -0.474. The minimum Gasteiger partial charge on any atom is -0.462 e. The number of anilines is 1. The largest absolute Gasteiger partial charge is 0.462 e. The standard InChI is InChI=1S/C14H14N4O2S/c1-3-20-13(19)9-7-16-18(12(9)15)14-17-10-5-4-8(2)6-11(10)21-14/h4-7H,3,15H2,1-2H3. The molecule has 0 radical (unpaired) electrons. The van der Waals surface area contributed by atoms with Crippen molar-refractivity contribution in [2.75, 3.05) is 12.3 Å². The molecule has 7 heteroatoms. The van der Waals surface area contributed by atoms with Crippen molar-refractivity contribution in [2.45, 2.75) is 13.8 Å². The van der Waals surface area contributed by atoms with Crippen LogP contribution >= 0.6 is 11.3 Å². The molecule has 0 fully saturated rings. The molecule has 0 spiro atoms. The molecule has 6 nitrogen and oxygen atoms in total. The fraction of sp³-hybridized carbons (Fsp3) is 0.214. The maximum atomic E-state index is 11.8. The highest BCUT2D eigenvalue weighted by atomic mass is 32.1. The number of aryl methyl sites for hydroxylation is 1. The lowest BCUT2D eigenvalue weighted by Gasteiger charge is -2.01. The minimum absolute atomic E-state index is 0.240. The Morgan fingerprint density at radius 2 is 2.29 bits per heavy atom. The molecule has 2 aromatic heterocycles. The van der Waals surface area contributed by atoms with Gasteiger partial charge >= 0.3 is 5.97 Å². The molecule has 21 heavy (non-hydrogen) atoms. The van der Waals surface area contributed by atoms with Crippen molar-refractivity contribution in [3.8, 4) is 5.13 Å². The Kier molecular flexibility index (Phi) is 3.34. The van der Waals surface area contributed by atoms with Crippen molar-refractivity contribution in [3.05, 3.63) is 35.5 Å². The summed E-state index contributed by atoms with van der Waals surface area (Å²) in [6, 6.07) is 6.02. The Balaban J connectivity index is 2.04.